The summed E-state index contributed by atoms with van der Waals surface area (Å²) < 4.78 is 0. The van der Waals surface area contributed by atoms with E-state index >= 15 is 0 Å². The van der Waals surface area contributed by atoms with Crippen LogP contribution in [-0.4, -0.2) is 27.5 Å². The Morgan fingerprint density at radius 2 is 2.00 bits per heavy atom. The molecule has 0 bridgehead atoms. The van der Waals surface area contributed by atoms with Crippen molar-refractivity contribution >= 4 is 0 Å². The van der Waals surface area contributed by atoms with Gasteiger partial charge in [0.15, 0.2) is 0 Å². The van der Waals surface area contributed by atoms with Crippen molar-refractivity contribution in [3.63, 3.8) is 0 Å². The zero-order valence-electron chi connectivity index (χ0n) is 5.63. The van der Waals surface area contributed by atoms with Gasteiger partial charge in [-0.2, -0.15) is 0 Å². The highest BCUT2D eigenvalue weighted by Crippen LogP contribution is 1.93. The van der Waals surface area contributed by atoms with Crippen molar-refractivity contribution in [3.8, 4) is 0 Å². The van der Waals surface area contributed by atoms with Crippen molar-refractivity contribution in [1.82, 2.24) is 5.32 Å². The van der Waals surface area contributed by atoms with E-state index in [1.165, 1.54) is 0 Å². The molecule has 0 rings (SSSR count). The third-order valence-electron chi connectivity index (χ3n) is 0.827. The van der Waals surface area contributed by atoms with Crippen LogP contribution in [0.2, 0.25) is 0 Å². The quantitative estimate of drug-likeness (QED) is 0.373. The molecule has 0 aliphatic heterocycles. The third kappa shape index (κ3) is 5.72. The second kappa shape index (κ2) is 3.12. The molecule has 0 amide bonds. The Morgan fingerprint density at radius 1 is 1.56 bits per heavy atom. The first-order valence-electron chi connectivity index (χ1n) is 2.86. The van der Waals surface area contributed by atoms with Crippen molar-refractivity contribution in [2.45, 2.75) is 32.4 Å². The van der Waals surface area contributed by atoms with Crippen molar-refractivity contribution < 1.29 is 15.3 Å². The fraction of sp³-hybridized carbons (Fsp3) is 1.00. The molecule has 0 aromatic rings. The summed E-state index contributed by atoms with van der Waals surface area (Å²) in [5, 5.41) is 28.1. The zero-order chi connectivity index (χ0) is 7.49. The predicted molar refractivity (Wildman–Crippen MR) is 32.3 cm³/mol. The monoisotopic (exact) mass is 135 g/mol. The highest BCUT2D eigenvalue weighted by molar-refractivity contribution is 4.55. The molecule has 0 radical (unpaired) electrons. The van der Waals surface area contributed by atoms with Gasteiger partial charge in [0.05, 0.1) is 0 Å². The van der Waals surface area contributed by atoms with Crippen molar-refractivity contribution in [3.05, 3.63) is 0 Å². The van der Waals surface area contributed by atoms with Crippen LogP contribution in [0.5, 0.6) is 0 Å². The molecule has 9 heavy (non-hydrogen) atoms. The number of nitrogens with one attached hydrogen (secondary N) is 1. The van der Waals surface area contributed by atoms with Gasteiger partial charge in [0.25, 0.3) is 0 Å². The average molecular weight is 135 g/mol. The first-order valence-corrected chi connectivity index (χ1v) is 2.86. The first-order chi connectivity index (χ1) is 3.95. The van der Waals surface area contributed by atoms with Crippen LogP contribution >= 0.6 is 0 Å². The maximum absolute atomic E-state index is 8.76. The summed E-state index contributed by atoms with van der Waals surface area (Å²) in [4.78, 5) is 0. The van der Waals surface area contributed by atoms with Gasteiger partial charge < -0.3 is 15.3 Å². The number of aliphatic hydroxyl groups is 3. The highest BCUT2D eigenvalue weighted by atomic mass is 16.5. The maximum atomic E-state index is 8.76. The lowest BCUT2D eigenvalue weighted by Crippen LogP contribution is -2.47. The lowest BCUT2D eigenvalue weighted by molar-refractivity contribution is -0.191. The summed E-state index contributed by atoms with van der Waals surface area (Å²) in [7, 11) is 0. The molecule has 0 spiro atoms. The van der Waals surface area contributed by atoms with Crippen molar-refractivity contribution in [1.29, 1.82) is 0 Å². The van der Waals surface area contributed by atoms with E-state index < -0.39 is 12.1 Å². The normalized spacial score (nSPS) is 15.7. The fourth-order valence-electron chi connectivity index (χ4n) is 0.418. The minimum Gasteiger partial charge on any atom is -0.378 e. The smallest absolute Gasteiger partial charge is 0.221 e. The van der Waals surface area contributed by atoms with E-state index in [1.54, 1.807) is 6.92 Å². The molecule has 4 heteroatoms. The molecule has 0 saturated heterocycles. The Kier molecular flexibility index (Phi) is 3.07. The molecular formula is C5H13NO3. The lowest BCUT2D eigenvalue weighted by atomic mass is 10.4. The second-order valence-corrected chi connectivity index (χ2v) is 2.09. The van der Waals surface area contributed by atoms with Gasteiger partial charge >= 0.3 is 0 Å². The van der Waals surface area contributed by atoms with Gasteiger partial charge in [-0.1, -0.05) is 6.92 Å². The van der Waals surface area contributed by atoms with E-state index in [-0.39, 0.29) is 0 Å². The van der Waals surface area contributed by atoms with Crippen LogP contribution in [0.3, 0.4) is 0 Å². The minimum absolute atomic E-state index is 0.441. The number of hydrogen-bond acceptors (Lipinski definition) is 4. The Morgan fingerprint density at radius 3 is 2.11 bits per heavy atom. The Balaban J connectivity index is 3.47. The summed E-state index contributed by atoms with van der Waals surface area (Å²) in [5.41, 5.74) is 0. The van der Waals surface area contributed by atoms with Crippen LogP contribution in [0, 0.1) is 0 Å². The second-order valence-electron chi connectivity index (χ2n) is 2.09. The summed E-state index contributed by atoms with van der Waals surface area (Å²) in [6.07, 6.45) is -0.415. The van der Waals surface area contributed by atoms with Gasteiger partial charge in [-0.05, 0) is 6.42 Å². The van der Waals surface area contributed by atoms with Crippen molar-refractivity contribution in [2.75, 3.05) is 0 Å². The third-order valence-corrected chi connectivity index (χ3v) is 0.827. The van der Waals surface area contributed by atoms with E-state index in [1.807, 2.05) is 0 Å². The van der Waals surface area contributed by atoms with Crippen LogP contribution in [-0.2, 0) is 0 Å². The SMILES string of the molecule is CCC(O)NC(C)(O)O. The van der Waals surface area contributed by atoms with Gasteiger partial charge in [-0.3, -0.25) is 0 Å². The van der Waals surface area contributed by atoms with Crippen LogP contribution in [0.1, 0.15) is 20.3 Å². The predicted octanol–water partition coefficient (Wildman–Crippen LogP) is -1.04. The molecule has 4 N–H and O–H groups in total. The molecule has 1 atom stereocenters. The average Bonchev–Trinajstić information content (AvgIpc) is 1.62. The molecule has 0 aliphatic carbocycles. The van der Waals surface area contributed by atoms with Gasteiger partial charge in [0, 0.05) is 6.92 Å². The van der Waals surface area contributed by atoms with Gasteiger partial charge in [0.2, 0.25) is 5.91 Å². The zero-order valence-corrected chi connectivity index (χ0v) is 5.63. The lowest BCUT2D eigenvalue weighted by Gasteiger charge is -2.20. The summed E-state index contributed by atoms with van der Waals surface area (Å²) >= 11 is 0. The van der Waals surface area contributed by atoms with E-state index in [4.69, 9.17) is 15.3 Å². The standard InChI is InChI=1S/C5H13NO3/c1-3-4(7)6-5(2,8)9/h4,6-9H,3H2,1-2H3. The number of hydrogen-bond donors (Lipinski definition) is 4. The van der Waals surface area contributed by atoms with Crippen molar-refractivity contribution in [2.24, 2.45) is 0 Å². The van der Waals surface area contributed by atoms with Crippen LogP contribution in [0.4, 0.5) is 0 Å². The fourth-order valence-corrected chi connectivity index (χ4v) is 0.418. The van der Waals surface area contributed by atoms with Gasteiger partial charge in [-0.15, -0.1) is 0 Å². The van der Waals surface area contributed by atoms with Gasteiger partial charge in [0.1, 0.15) is 6.23 Å². The molecule has 0 aromatic heterocycles. The van der Waals surface area contributed by atoms with E-state index in [0.717, 1.165) is 6.92 Å². The van der Waals surface area contributed by atoms with E-state index in [2.05, 4.69) is 5.32 Å². The Hall–Kier alpha value is -0.160. The molecule has 0 saturated carbocycles. The van der Waals surface area contributed by atoms with E-state index in [9.17, 15) is 0 Å². The number of aliphatic hydroxyl groups excluding tert-OH is 1. The molecule has 4 nitrogen and oxygen atoms in total. The van der Waals surface area contributed by atoms with Crippen LogP contribution in [0.15, 0.2) is 0 Å². The molecular weight excluding hydrogens is 122 g/mol. The largest absolute Gasteiger partial charge is 0.378 e. The molecule has 56 valence electrons. The summed E-state index contributed by atoms with van der Waals surface area (Å²) in [6.45, 7) is 2.87. The maximum Gasteiger partial charge on any atom is 0.221 e. The molecule has 0 aliphatic rings. The first kappa shape index (κ1) is 8.84. The van der Waals surface area contributed by atoms with E-state index in [0.29, 0.717) is 6.42 Å². The Bertz CT molecular complexity index is 78.8. The molecule has 0 aromatic carbocycles. The minimum atomic E-state index is -1.98. The Labute approximate surface area is 54.1 Å². The highest BCUT2D eigenvalue weighted by Gasteiger charge is 2.16. The molecule has 0 heterocycles. The number of rotatable bonds is 3. The van der Waals surface area contributed by atoms with Crippen LogP contribution in [0.25, 0.3) is 0 Å². The summed E-state index contributed by atoms with van der Waals surface area (Å²) in [5.74, 6) is -1.98. The van der Waals surface area contributed by atoms with Gasteiger partial charge in [-0.25, -0.2) is 5.32 Å². The summed E-state index contributed by atoms with van der Waals surface area (Å²) in [6, 6.07) is 0. The molecule has 0 fully saturated rings. The molecule has 1 unspecified atom stereocenters. The van der Waals surface area contributed by atoms with Crippen LogP contribution < -0.4 is 5.32 Å². The topological polar surface area (TPSA) is 72.7 Å².